The zero-order valence-electron chi connectivity index (χ0n) is 23.9. The molecule has 210 valence electrons. The third-order valence-electron chi connectivity index (χ3n) is 6.72. The predicted octanol–water partition coefficient (Wildman–Crippen LogP) is 5.15. The molecule has 1 N–H and O–H groups in total. The number of aliphatic hydroxyl groups is 1. The number of aryl methyl sites for hydroxylation is 3. The van der Waals surface area contributed by atoms with Crippen LogP contribution in [0.2, 0.25) is 0 Å². The first-order valence-corrected chi connectivity index (χ1v) is 17.3. The van der Waals surface area contributed by atoms with Crippen LogP contribution >= 0.6 is 28.4 Å². The topological polar surface area (TPSA) is 99.0 Å². The molecule has 0 saturated heterocycles. The van der Waals surface area contributed by atoms with Crippen molar-refractivity contribution in [2.45, 2.75) is 60.7 Å². The summed E-state index contributed by atoms with van der Waals surface area (Å²) >= 11 is 2.36. The van der Waals surface area contributed by atoms with E-state index < -0.39 is 0 Å². The Balaban J connectivity index is 0.00000172. The van der Waals surface area contributed by atoms with Gasteiger partial charge in [0.25, 0.3) is 0 Å². The maximum absolute atomic E-state index is 9.56. The molecular formula is C27H38IN8O2P. The molecule has 0 amide bonds. The summed E-state index contributed by atoms with van der Waals surface area (Å²) in [6.07, 6.45) is 4.54. The fraction of sp³-hybridized carbons (Fsp3) is 0.481. The molecule has 2 bridgehead atoms. The molecule has 39 heavy (non-hydrogen) atoms. The van der Waals surface area contributed by atoms with Gasteiger partial charge < -0.3 is 9.84 Å². The molecule has 2 unspecified atom stereocenters. The average molecular weight is 665 g/mol. The van der Waals surface area contributed by atoms with Gasteiger partial charge in [-0.05, 0) is 75.0 Å². The molecule has 0 spiro atoms. The van der Waals surface area contributed by atoms with E-state index in [-0.39, 0.29) is 12.7 Å². The number of ether oxygens (including phenoxy) is 1. The van der Waals surface area contributed by atoms with Gasteiger partial charge in [-0.2, -0.15) is 15.3 Å². The monoisotopic (exact) mass is 664 g/mol. The number of halogens is 1. The second kappa shape index (κ2) is 12.4. The average Bonchev–Trinajstić information content (AvgIpc) is 3.49. The summed E-state index contributed by atoms with van der Waals surface area (Å²) in [7, 11) is 3.98. The lowest BCUT2D eigenvalue weighted by atomic mass is 10.1. The highest BCUT2D eigenvalue weighted by Gasteiger charge is 2.24. The van der Waals surface area contributed by atoms with Crippen LogP contribution in [-0.2, 0) is 20.1 Å². The molecule has 12 heteroatoms. The minimum atomic E-state index is -0.0911. The van der Waals surface area contributed by atoms with Gasteiger partial charge >= 0.3 is 0 Å². The standard InChI is InChI=1S/C25H32IN8O2P.C2H6/c1-14-12-31(5)13-22-18(17(4)33(29-22)9-10-35)7-8-20-19-11-21(23-15(2)28-32(6)25(23)36-14)27-16(3)24(19)34(30-20)37-26;1-2/h7-8,11,14,35,37H,9-10,12-13H2,1-6H3;1-2H3/b8-7+;. The summed E-state index contributed by atoms with van der Waals surface area (Å²) in [5.41, 5.74) is 8.49. The molecule has 1 aliphatic rings. The van der Waals surface area contributed by atoms with Gasteiger partial charge in [-0.15, -0.1) is 0 Å². The van der Waals surface area contributed by atoms with Crippen LogP contribution in [0.4, 0.5) is 0 Å². The summed E-state index contributed by atoms with van der Waals surface area (Å²) in [6, 6.07) is 2.11. The van der Waals surface area contributed by atoms with E-state index in [4.69, 9.17) is 19.9 Å². The van der Waals surface area contributed by atoms with Crippen molar-refractivity contribution in [3.05, 3.63) is 40.1 Å². The molecule has 5 rings (SSSR count). The molecular weight excluding hydrogens is 626 g/mol. The number of likely N-dealkylation sites (N-methyl/N-ethyl adjacent to an activating group) is 1. The predicted molar refractivity (Wildman–Crippen MR) is 168 cm³/mol. The lowest BCUT2D eigenvalue weighted by molar-refractivity contribution is 0.148. The smallest absolute Gasteiger partial charge is 0.221 e. The van der Waals surface area contributed by atoms with Crippen LogP contribution in [0.1, 0.15) is 54.8 Å². The Morgan fingerprint density at radius 1 is 1.10 bits per heavy atom. The van der Waals surface area contributed by atoms with Gasteiger partial charge in [0.2, 0.25) is 5.88 Å². The van der Waals surface area contributed by atoms with Crippen molar-refractivity contribution in [1.82, 2.24) is 39.0 Å². The zero-order chi connectivity index (χ0) is 28.4. The fourth-order valence-corrected chi connectivity index (χ4v) is 6.70. The Bertz CT molecular complexity index is 1510. The molecule has 4 aromatic heterocycles. The van der Waals surface area contributed by atoms with Gasteiger partial charge in [-0.25, -0.2) is 9.13 Å². The van der Waals surface area contributed by atoms with Crippen LogP contribution in [0.5, 0.6) is 5.88 Å². The molecule has 0 fully saturated rings. The van der Waals surface area contributed by atoms with Crippen molar-refractivity contribution in [3.8, 4) is 17.1 Å². The van der Waals surface area contributed by atoms with Crippen molar-refractivity contribution in [1.29, 1.82) is 0 Å². The Morgan fingerprint density at radius 3 is 2.54 bits per heavy atom. The van der Waals surface area contributed by atoms with E-state index in [9.17, 15) is 5.11 Å². The van der Waals surface area contributed by atoms with Crippen molar-refractivity contribution < 1.29 is 9.84 Å². The minimum absolute atomic E-state index is 0.0406. The second-order valence-corrected chi connectivity index (χ2v) is 11.7. The Labute approximate surface area is 244 Å². The third-order valence-corrected chi connectivity index (χ3v) is 8.57. The summed E-state index contributed by atoms with van der Waals surface area (Å²) in [6.45, 7) is 14.0. The first kappa shape index (κ1) is 29.6. The van der Waals surface area contributed by atoms with E-state index in [1.54, 1.807) is 4.68 Å². The number of fused-ring (bicyclic) bond motifs is 4. The van der Waals surface area contributed by atoms with Crippen LogP contribution in [0.25, 0.3) is 34.3 Å². The number of hydrogen-bond acceptors (Lipinski definition) is 7. The summed E-state index contributed by atoms with van der Waals surface area (Å²) in [5, 5.41) is 25.1. The molecule has 0 radical (unpaired) electrons. The molecule has 0 aromatic carbocycles. The quantitative estimate of drug-likeness (QED) is 0.239. The van der Waals surface area contributed by atoms with E-state index in [1.807, 2.05) is 50.8 Å². The lowest BCUT2D eigenvalue weighted by Gasteiger charge is -2.22. The molecule has 10 nitrogen and oxygen atoms in total. The molecule has 0 aliphatic carbocycles. The number of hydrogen-bond donors (Lipinski definition) is 1. The van der Waals surface area contributed by atoms with Crippen molar-refractivity contribution in [2.75, 3.05) is 20.2 Å². The minimum Gasteiger partial charge on any atom is -0.473 e. The second-order valence-electron chi connectivity index (χ2n) is 9.61. The van der Waals surface area contributed by atoms with Gasteiger partial charge in [0.05, 0.1) is 59.1 Å². The van der Waals surface area contributed by atoms with Crippen LogP contribution in [-0.4, -0.2) is 70.4 Å². The molecule has 5 heterocycles. The summed E-state index contributed by atoms with van der Waals surface area (Å²) < 4.78 is 12.2. The van der Waals surface area contributed by atoms with Crippen LogP contribution in [0.15, 0.2) is 6.07 Å². The summed E-state index contributed by atoms with van der Waals surface area (Å²) in [5.74, 6) is 0.712. The number of aliphatic hydroxyl groups excluding tert-OH is 1. The highest BCUT2D eigenvalue weighted by atomic mass is 127. The third kappa shape index (κ3) is 5.77. The maximum Gasteiger partial charge on any atom is 0.221 e. The first-order valence-electron chi connectivity index (χ1n) is 13.2. The highest BCUT2D eigenvalue weighted by molar-refractivity contribution is 14.2. The largest absolute Gasteiger partial charge is 0.473 e. The SMILES string of the molecule is CC.Cc1nn(C)c2c1-c1cc3c(nn(PI)c3c(C)n1)/C=C/c1c(nn(CCO)c1C)CN(C)CC(C)O2. The van der Waals surface area contributed by atoms with Gasteiger partial charge in [-0.3, -0.25) is 14.6 Å². The normalized spacial score (nSPS) is 16.9. The zero-order valence-corrected chi connectivity index (χ0v) is 27.1. The fourth-order valence-electron chi connectivity index (χ4n) is 5.14. The maximum atomic E-state index is 9.56. The van der Waals surface area contributed by atoms with Gasteiger partial charge in [0, 0.05) is 36.8 Å². The van der Waals surface area contributed by atoms with E-state index >= 15 is 0 Å². The van der Waals surface area contributed by atoms with E-state index in [1.165, 1.54) is 0 Å². The Morgan fingerprint density at radius 2 is 1.85 bits per heavy atom. The molecule has 1 aliphatic heterocycles. The molecule has 0 saturated carbocycles. The van der Waals surface area contributed by atoms with Gasteiger partial charge in [0.15, 0.2) is 0 Å². The molecule has 2 atom stereocenters. The van der Waals surface area contributed by atoms with Gasteiger partial charge in [-0.1, -0.05) is 13.8 Å². The number of aromatic nitrogens is 7. The summed E-state index contributed by atoms with van der Waals surface area (Å²) in [4.78, 5) is 7.21. The first-order chi connectivity index (χ1) is 18.7. The van der Waals surface area contributed by atoms with Crippen LogP contribution in [0, 0.1) is 20.8 Å². The Kier molecular flexibility index (Phi) is 9.46. The van der Waals surface area contributed by atoms with Crippen molar-refractivity contribution >= 4 is 51.5 Å². The van der Waals surface area contributed by atoms with Crippen molar-refractivity contribution in [2.24, 2.45) is 7.05 Å². The van der Waals surface area contributed by atoms with Crippen LogP contribution < -0.4 is 4.74 Å². The highest BCUT2D eigenvalue weighted by Crippen LogP contribution is 2.38. The van der Waals surface area contributed by atoms with Crippen LogP contribution in [0.3, 0.4) is 0 Å². The Hall–Kier alpha value is -2.34. The van der Waals surface area contributed by atoms with Crippen molar-refractivity contribution in [3.63, 3.8) is 0 Å². The van der Waals surface area contributed by atoms with E-state index in [2.05, 4.69) is 64.2 Å². The number of rotatable bonds is 3. The number of nitrogens with zero attached hydrogens (tertiary/aromatic N) is 8. The van der Waals surface area contributed by atoms with E-state index in [0.717, 1.165) is 56.2 Å². The number of pyridine rings is 1. The lowest BCUT2D eigenvalue weighted by Crippen LogP contribution is -2.31. The molecule has 4 aromatic rings. The van der Waals surface area contributed by atoms with E-state index in [0.29, 0.717) is 31.9 Å². The van der Waals surface area contributed by atoms with Gasteiger partial charge in [0.1, 0.15) is 6.10 Å².